The van der Waals surface area contributed by atoms with Crippen LogP contribution in [0.1, 0.15) is 12.0 Å². The fourth-order valence-corrected chi connectivity index (χ4v) is 5.16. The number of carbonyl (C=O) groups is 1. The van der Waals surface area contributed by atoms with Crippen LogP contribution in [-0.4, -0.2) is 67.9 Å². The van der Waals surface area contributed by atoms with Gasteiger partial charge in [0.25, 0.3) is 5.91 Å². The summed E-state index contributed by atoms with van der Waals surface area (Å²) in [5.41, 5.74) is 2.06. The van der Waals surface area contributed by atoms with Crippen LogP contribution >= 0.6 is 11.3 Å². The number of ether oxygens (including phenoxy) is 3. The molecular formula is C24H27N3O4S. The monoisotopic (exact) mass is 453 g/mol. The second kappa shape index (κ2) is 9.44. The number of morpholine rings is 1. The van der Waals surface area contributed by atoms with Gasteiger partial charge in [0, 0.05) is 26.2 Å². The molecule has 2 aliphatic heterocycles. The SMILES string of the molecule is Cc1cccc2sc(N(CCCN3CCOCC3)C(=O)[C@@H]3COc4ccccc4O3)nc12. The van der Waals surface area contributed by atoms with E-state index in [1.165, 1.54) is 0 Å². The predicted molar refractivity (Wildman–Crippen MR) is 125 cm³/mol. The van der Waals surface area contributed by atoms with Crippen LogP contribution in [0.3, 0.4) is 0 Å². The van der Waals surface area contributed by atoms with Gasteiger partial charge in [-0.05, 0) is 37.1 Å². The van der Waals surface area contributed by atoms with E-state index >= 15 is 0 Å². The molecule has 1 aromatic heterocycles. The van der Waals surface area contributed by atoms with Crippen LogP contribution in [0.25, 0.3) is 10.2 Å². The fourth-order valence-electron chi connectivity index (χ4n) is 4.08. The van der Waals surface area contributed by atoms with E-state index < -0.39 is 6.10 Å². The maximum absolute atomic E-state index is 13.6. The van der Waals surface area contributed by atoms with Crippen molar-refractivity contribution in [3.05, 3.63) is 48.0 Å². The molecular weight excluding hydrogens is 426 g/mol. The minimum atomic E-state index is -0.693. The molecule has 3 heterocycles. The van der Waals surface area contributed by atoms with Crippen LogP contribution in [0.15, 0.2) is 42.5 Å². The first-order chi connectivity index (χ1) is 15.7. The maximum Gasteiger partial charge on any atom is 0.273 e. The summed E-state index contributed by atoms with van der Waals surface area (Å²) >= 11 is 1.55. The van der Waals surface area contributed by atoms with Crippen LogP contribution in [0.5, 0.6) is 11.5 Å². The van der Waals surface area contributed by atoms with Gasteiger partial charge in [0.2, 0.25) is 6.10 Å². The minimum Gasteiger partial charge on any atom is -0.485 e. The topological polar surface area (TPSA) is 64.1 Å². The molecule has 0 spiro atoms. The summed E-state index contributed by atoms with van der Waals surface area (Å²) in [6.45, 7) is 7.15. The highest BCUT2D eigenvalue weighted by Crippen LogP contribution is 2.34. The summed E-state index contributed by atoms with van der Waals surface area (Å²) in [5.74, 6) is 1.16. The first kappa shape index (κ1) is 21.2. The van der Waals surface area contributed by atoms with Crippen molar-refractivity contribution < 1.29 is 19.0 Å². The van der Waals surface area contributed by atoms with Gasteiger partial charge in [0.15, 0.2) is 16.6 Å². The standard InChI is InChI=1S/C24H27N3O4S/c1-17-6-4-9-21-22(17)25-24(32-21)27(11-5-10-26-12-14-29-15-13-26)23(28)20-16-30-18-7-2-3-8-19(18)31-20/h2-4,6-9,20H,5,10-16H2,1H3/t20-/m0/s1. The summed E-state index contributed by atoms with van der Waals surface area (Å²) in [5, 5.41) is 0.712. The molecule has 2 aliphatic rings. The lowest BCUT2D eigenvalue weighted by Crippen LogP contribution is -2.47. The lowest BCUT2D eigenvalue weighted by Gasteiger charge is -2.31. The Labute approximate surface area is 191 Å². The smallest absolute Gasteiger partial charge is 0.273 e. The number of hydrogen-bond donors (Lipinski definition) is 0. The Morgan fingerprint density at radius 1 is 1.16 bits per heavy atom. The lowest BCUT2D eigenvalue weighted by atomic mass is 10.2. The summed E-state index contributed by atoms with van der Waals surface area (Å²) in [4.78, 5) is 22.6. The van der Waals surface area contributed by atoms with E-state index in [-0.39, 0.29) is 12.5 Å². The second-order valence-electron chi connectivity index (χ2n) is 8.08. The largest absolute Gasteiger partial charge is 0.485 e. The molecule has 8 heteroatoms. The molecule has 1 fully saturated rings. The van der Waals surface area contributed by atoms with Gasteiger partial charge in [-0.25, -0.2) is 4.98 Å². The van der Waals surface area contributed by atoms with Crippen molar-refractivity contribution in [2.75, 3.05) is 50.9 Å². The molecule has 5 rings (SSSR count). The van der Waals surface area contributed by atoms with Gasteiger partial charge < -0.3 is 14.2 Å². The van der Waals surface area contributed by atoms with Crippen LogP contribution in [-0.2, 0) is 9.53 Å². The molecule has 0 radical (unpaired) electrons. The highest BCUT2D eigenvalue weighted by molar-refractivity contribution is 7.22. The number of anilines is 1. The third kappa shape index (κ3) is 4.44. The van der Waals surface area contributed by atoms with Gasteiger partial charge in [-0.2, -0.15) is 0 Å². The Kier molecular flexibility index (Phi) is 6.25. The molecule has 0 bridgehead atoms. The molecule has 7 nitrogen and oxygen atoms in total. The maximum atomic E-state index is 13.6. The highest BCUT2D eigenvalue weighted by atomic mass is 32.1. The Bertz CT molecular complexity index is 1100. The van der Waals surface area contributed by atoms with E-state index in [9.17, 15) is 4.79 Å². The van der Waals surface area contributed by atoms with Gasteiger partial charge in [0.05, 0.1) is 23.4 Å². The Morgan fingerprint density at radius 2 is 1.97 bits per heavy atom. The second-order valence-corrected chi connectivity index (χ2v) is 9.09. The normalized spacial score (nSPS) is 18.6. The van der Waals surface area contributed by atoms with Crippen LogP contribution in [0.2, 0.25) is 0 Å². The van der Waals surface area contributed by atoms with Crippen molar-refractivity contribution >= 4 is 32.6 Å². The summed E-state index contributed by atoms with van der Waals surface area (Å²) in [7, 11) is 0. The number of amides is 1. The van der Waals surface area contributed by atoms with Gasteiger partial charge in [-0.3, -0.25) is 14.6 Å². The molecule has 1 atom stereocenters. The molecule has 0 aliphatic carbocycles. The quantitative estimate of drug-likeness (QED) is 0.569. The molecule has 0 saturated carbocycles. The van der Waals surface area contributed by atoms with Crippen molar-refractivity contribution in [2.45, 2.75) is 19.4 Å². The predicted octanol–water partition coefficient (Wildman–Crippen LogP) is 3.50. The molecule has 2 aromatic carbocycles. The van der Waals surface area contributed by atoms with Gasteiger partial charge >= 0.3 is 0 Å². The molecule has 32 heavy (non-hydrogen) atoms. The minimum absolute atomic E-state index is 0.113. The Morgan fingerprint density at radius 3 is 2.78 bits per heavy atom. The number of nitrogens with zero attached hydrogens (tertiary/aromatic N) is 3. The number of carbonyl (C=O) groups excluding carboxylic acids is 1. The molecule has 168 valence electrons. The van der Waals surface area contributed by atoms with Crippen molar-refractivity contribution in [1.29, 1.82) is 0 Å². The Balaban J connectivity index is 1.37. The highest BCUT2D eigenvalue weighted by Gasteiger charge is 2.33. The zero-order valence-corrected chi connectivity index (χ0v) is 19.0. The van der Waals surface area contributed by atoms with Crippen molar-refractivity contribution in [3.63, 3.8) is 0 Å². The number of aryl methyl sites for hydroxylation is 1. The number of aromatic nitrogens is 1. The van der Waals surface area contributed by atoms with E-state index in [0.717, 1.165) is 55.0 Å². The average Bonchev–Trinajstić information content (AvgIpc) is 3.27. The third-order valence-electron chi connectivity index (χ3n) is 5.85. The van der Waals surface area contributed by atoms with Gasteiger partial charge in [-0.1, -0.05) is 35.6 Å². The van der Waals surface area contributed by atoms with E-state index in [2.05, 4.69) is 11.0 Å². The lowest BCUT2D eigenvalue weighted by molar-refractivity contribution is -0.127. The van der Waals surface area contributed by atoms with Crippen LogP contribution in [0.4, 0.5) is 5.13 Å². The van der Waals surface area contributed by atoms with Crippen molar-refractivity contribution in [1.82, 2.24) is 9.88 Å². The molecule has 0 unspecified atom stereocenters. The first-order valence-corrected chi connectivity index (χ1v) is 11.9. The summed E-state index contributed by atoms with van der Waals surface area (Å²) in [6, 6.07) is 13.6. The average molecular weight is 454 g/mol. The first-order valence-electron chi connectivity index (χ1n) is 11.0. The van der Waals surface area contributed by atoms with Crippen molar-refractivity contribution in [2.24, 2.45) is 0 Å². The number of thiazole rings is 1. The van der Waals surface area contributed by atoms with Crippen LogP contribution in [0, 0.1) is 6.92 Å². The number of rotatable bonds is 6. The van der Waals surface area contributed by atoms with E-state index in [0.29, 0.717) is 23.2 Å². The van der Waals surface area contributed by atoms with Crippen molar-refractivity contribution in [3.8, 4) is 11.5 Å². The molecule has 3 aromatic rings. The van der Waals surface area contributed by atoms with E-state index in [4.69, 9.17) is 19.2 Å². The Hall–Kier alpha value is -2.68. The summed E-state index contributed by atoms with van der Waals surface area (Å²) < 4.78 is 18.4. The van der Waals surface area contributed by atoms with Gasteiger partial charge in [-0.15, -0.1) is 0 Å². The number of para-hydroxylation sites is 3. The third-order valence-corrected chi connectivity index (χ3v) is 6.89. The molecule has 0 N–H and O–H groups in total. The van der Waals surface area contributed by atoms with Gasteiger partial charge in [0.1, 0.15) is 6.61 Å². The van der Waals surface area contributed by atoms with E-state index in [1.54, 1.807) is 16.2 Å². The van der Waals surface area contributed by atoms with E-state index in [1.807, 2.05) is 43.3 Å². The van der Waals surface area contributed by atoms with Crippen LogP contribution < -0.4 is 14.4 Å². The summed E-state index contributed by atoms with van der Waals surface area (Å²) in [6.07, 6.45) is 0.159. The number of benzene rings is 2. The zero-order chi connectivity index (χ0) is 21.9. The number of fused-ring (bicyclic) bond motifs is 2. The molecule has 1 amide bonds. The number of hydrogen-bond acceptors (Lipinski definition) is 7. The molecule has 1 saturated heterocycles. The fraction of sp³-hybridized carbons (Fsp3) is 0.417. The zero-order valence-electron chi connectivity index (χ0n) is 18.2.